The van der Waals surface area contributed by atoms with Crippen molar-refractivity contribution in [3.63, 3.8) is 0 Å². The van der Waals surface area contributed by atoms with E-state index in [-0.39, 0.29) is 0 Å². The third-order valence-electron chi connectivity index (χ3n) is 2.78. The second-order valence-corrected chi connectivity index (χ2v) is 4.56. The van der Waals surface area contributed by atoms with Gasteiger partial charge in [0.15, 0.2) is 0 Å². The maximum atomic E-state index is 5.75. The van der Waals surface area contributed by atoms with E-state index < -0.39 is 0 Å². The number of benzene rings is 1. The first-order valence-electron chi connectivity index (χ1n) is 6.68. The Morgan fingerprint density at radius 2 is 2.17 bits per heavy atom. The van der Waals surface area contributed by atoms with Crippen LogP contribution in [0.1, 0.15) is 25.3 Å². The lowest BCUT2D eigenvalue weighted by Gasteiger charge is -2.17. The van der Waals surface area contributed by atoms with E-state index >= 15 is 0 Å². The Bertz CT molecular complexity index is 328. The van der Waals surface area contributed by atoms with Crippen LogP contribution in [0.5, 0.6) is 5.75 Å². The number of methoxy groups -OCH3 is 1. The van der Waals surface area contributed by atoms with Crippen molar-refractivity contribution >= 4 is 0 Å². The summed E-state index contributed by atoms with van der Waals surface area (Å²) in [5.41, 5.74) is 1.23. The molecule has 0 aliphatic rings. The van der Waals surface area contributed by atoms with E-state index in [4.69, 9.17) is 9.47 Å². The van der Waals surface area contributed by atoms with E-state index in [0.717, 1.165) is 31.7 Å². The molecule has 3 nitrogen and oxygen atoms in total. The zero-order valence-corrected chi connectivity index (χ0v) is 11.7. The Hall–Kier alpha value is -1.06. The highest BCUT2D eigenvalue weighted by atomic mass is 16.5. The number of rotatable bonds is 9. The fraction of sp³-hybridized carbons (Fsp3) is 0.600. The number of hydrogen-bond acceptors (Lipinski definition) is 3. The van der Waals surface area contributed by atoms with Crippen LogP contribution in [0.4, 0.5) is 0 Å². The largest absolute Gasteiger partial charge is 0.494 e. The minimum atomic E-state index is 0.375. The minimum Gasteiger partial charge on any atom is -0.494 e. The van der Waals surface area contributed by atoms with Crippen LogP contribution in [0.25, 0.3) is 0 Å². The third kappa shape index (κ3) is 6.03. The van der Waals surface area contributed by atoms with Crippen molar-refractivity contribution in [3.8, 4) is 5.75 Å². The fourth-order valence-corrected chi connectivity index (χ4v) is 1.82. The van der Waals surface area contributed by atoms with Gasteiger partial charge in [0.1, 0.15) is 5.75 Å². The van der Waals surface area contributed by atoms with Gasteiger partial charge >= 0.3 is 0 Å². The van der Waals surface area contributed by atoms with Crippen molar-refractivity contribution in [2.24, 2.45) is 0 Å². The summed E-state index contributed by atoms with van der Waals surface area (Å²) < 4.78 is 11.0. The van der Waals surface area contributed by atoms with E-state index in [1.165, 1.54) is 5.56 Å². The Balaban J connectivity index is 2.29. The molecule has 0 aromatic heterocycles. The lowest BCUT2D eigenvalue weighted by molar-refractivity contribution is 0.152. The van der Waals surface area contributed by atoms with Gasteiger partial charge in [-0.05, 0) is 44.0 Å². The van der Waals surface area contributed by atoms with Gasteiger partial charge < -0.3 is 14.8 Å². The summed E-state index contributed by atoms with van der Waals surface area (Å²) in [6.07, 6.45) is 2.10. The molecule has 0 fully saturated rings. The van der Waals surface area contributed by atoms with Crippen molar-refractivity contribution in [2.75, 3.05) is 26.9 Å². The van der Waals surface area contributed by atoms with E-state index in [2.05, 4.69) is 31.3 Å². The first-order chi connectivity index (χ1) is 8.76. The third-order valence-corrected chi connectivity index (χ3v) is 2.78. The van der Waals surface area contributed by atoms with Crippen LogP contribution in [-0.2, 0) is 4.74 Å². The minimum absolute atomic E-state index is 0.375. The van der Waals surface area contributed by atoms with Gasteiger partial charge in [0, 0.05) is 13.2 Å². The summed E-state index contributed by atoms with van der Waals surface area (Å²) in [7, 11) is 1.74. The molecular formula is C15H25NO2. The predicted molar refractivity (Wildman–Crippen MR) is 75.2 cm³/mol. The molecule has 1 atom stereocenters. The maximum Gasteiger partial charge on any atom is 0.119 e. The van der Waals surface area contributed by atoms with Crippen molar-refractivity contribution in [3.05, 3.63) is 29.8 Å². The van der Waals surface area contributed by atoms with Gasteiger partial charge in [-0.2, -0.15) is 0 Å². The molecule has 1 rings (SSSR count). The molecule has 0 saturated heterocycles. The molecule has 0 heterocycles. The zero-order chi connectivity index (χ0) is 13.2. The second kappa shape index (κ2) is 8.95. The van der Waals surface area contributed by atoms with Crippen LogP contribution in [0.3, 0.4) is 0 Å². The molecule has 3 heteroatoms. The van der Waals surface area contributed by atoms with Crippen LogP contribution < -0.4 is 10.1 Å². The molecule has 1 aromatic rings. The Kier molecular flexibility index (Phi) is 7.46. The number of aryl methyl sites for hydroxylation is 1. The lowest BCUT2D eigenvalue weighted by Crippen LogP contribution is -2.35. The summed E-state index contributed by atoms with van der Waals surface area (Å²) in [6.45, 7) is 6.72. The number of ether oxygens (including phenoxy) is 2. The molecule has 0 aliphatic carbocycles. The monoisotopic (exact) mass is 251 g/mol. The zero-order valence-electron chi connectivity index (χ0n) is 11.7. The standard InChI is InChI=1S/C15H25NO2/c1-4-9-16-14(12-17-3)8-10-18-15-7-5-6-13(2)11-15/h5-7,11,14,16H,4,8-10,12H2,1-3H3. The lowest BCUT2D eigenvalue weighted by atomic mass is 10.2. The van der Waals surface area contributed by atoms with E-state index in [1.807, 2.05) is 12.1 Å². The summed E-state index contributed by atoms with van der Waals surface area (Å²) in [5.74, 6) is 0.946. The summed E-state index contributed by atoms with van der Waals surface area (Å²) in [6, 6.07) is 8.53. The molecule has 0 amide bonds. The van der Waals surface area contributed by atoms with Gasteiger partial charge in [0.25, 0.3) is 0 Å². The van der Waals surface area contributed by atoms with E-state index in [0.29, 0.717) is 12.6 Å². The van der Waals surface area contributed by atoms with Gasteiger partial charge in [0.05, 0.1) is 13.2 Å². The number of nitrogens with one attached hydrogen (secondary N) is 1. The summed E-state index contributed by atoms with van der Waals surface area (Å²) >= 11 is 0. The Morgan fingerprint density at radius 3 is 2.83 bits per heavy atom. The highest BCUT2D eigenvalue weighted by molar-refractivity contribution is 5.27. The van der Waals surface area contributed by atoms with E-state index in [1.54, 1.807) is 7.11 Å². The molecule has 0 saturated carbocycles. The topological polar surface area (TPSA) is 30.5 Å². The van der Waals surface area contributed by atoms with E-state index in [9.17, 15) is 0 Å². The predicted octanol–water partition coefficient (Wildman–Crippen LogP) is 2.78. The first kappa shape index (κ1) is 15.0. The maximum absolute atomic E-state index is 5.75. The van der Waals surface area contributed by atoms with Gasteiger partial charge in [-0.3, -0.25) is 0 Å². The molecule has 1 unspecified atom stereocenters. The highest BCUT2D eigenvalue weighted by Crippen LogP contribution is 2.12. The second-order valence-electron chi connectivity index (χ2n) is 4.56. The normalized spacial score (nSPS) is 12.4. The molecule has 1 aromatic carbocycles. The highest BCUT2D eigenvalue weighted by Gasteiger charge is 2.07. The van der Waals surface area contributed by atoms with Crippen LogP contribution in [-0.4, -0.2) is 32.9 Å². The van der Waals surface area contributed by atoms with Gasteiger partial charge in [-0.25, -0.2) is 0 Å². The summed E-state index contributed by atoms with van der Waals surface area (Å²) in [5, 5.41) is 3.46. The van der Waals surface area contributed by atoms with Crippen LogP contribution in [0, 0.1) is 6.92 Å². The molecule has 0 bridgehead atoms. The molecule has 1 N–H and O–H groups in total. The smallest absolute Gasteiger partial charge is 0.119 e. The Morgan fingerprint density at radius 1 is 1.33 bits per heavy atom. The quantitative estimate of drug-likeness (QED) is 0.732. The van der Waals surface area contributed by atoms with Crippen LogP contribution in [0.2, 0.25) is 0 Å². The van der Waals surface area contributed by atoms with Gasteiger partial charge in [-0.15, -0.1) is 0 Å². The SMILES string of the molecule is CCCNC(CCOc1cccc(C)c1)COC. The van der Waals surface area contributed by atoms with Gasteiger partial charge in [0.2, 0.25) is 0 Å². The fourth-order valence-electron chi connectivity index (χ4n) is 1.82. The van der Waals surface area contributed by atoms with Crippen LogP contribution in [0.15, 0.2) is 24.3 Å². The Labute approximate surface area is 110 Å². The average Bonchev–Trinajstić information content (AvgIpc) is 2.36. The molecule has 0 aliphatic heterocycles. The molecular weight excluding hydrogens is 226 g/mol. The molecule has 102 valence electrons. The van der Waals surface area contributed by atoms with Crippen molar-refractivity contribution in [2.45, 2.75) is 32.7 Å². The van der Waals surface area contributed by atoms with Crippen molar-refractivity contribution in [1.82, 2.24) is 5.32 Å². The van der Waals surface area contributed by atoms with Crippen molar-refractivity contribution in [1.29, 1.82) is 0 Å². The summed E-state index contributed by atoms with van der Waals surface area (Å²) in [4.78, 5) is 0. The van der Waals surface area contributed by atoms with Crippen molar-refractivity contribution < 1.29 is 9.47 Å². The van der Waals surface area contributed by atoms with Gasteiger partial charge in [-0.1, -0.05) is 19.1 Å². The molecule has 0 spiro atoms. The first-order valence-corrected chi connectivity index (χ1v) is 6.68. The molecule has 0 radical (unpaired) electrons. The number of hydrogen-bond donors (Lipinski definition) is 1. The van der Waals surface area contributed by atoms with Crippen LogP contribution >= 0.6 is 0 Å². The average molecular weight is 251 g/mol. The molecule has 18 heavy (non-hydrogen) atoms.